The van der Waals surface area contributed by atoms with Crippen molar-refractivity contribution in [2.24, 2.45) is 0 Å². The molecule has 0 aliphatic carbocycles. The van der Waals surface area contributed by atoms with E-state index in [1.165, 1.54) is 5.56 Å². The Balaban J connectivity index is 2.79. The lowest BCUT2D eigenvalue weighted by molar-refractivity contribution is 1.30. The van der Waals surface area contributed by atoms with E-state index in [0.29, 0.717) is 0 Å². The van der Waals surface area contributed by atoms with Gasteiger partial charge >= 0.3 is 0 Å². The van der Waals surface area contributed by atoms with Crippen LogP contribution in [0.1, 0.15) is 5.56 Å². The van der Waals surface area contributed by atoms with Crippen LogP contribution in [0.3, 0.4) is 0 Å². The Morgan fingerprint density at radius 2 is 2.08 bits per heavy atom. The highest BCUT2D eigenvalue weighted by Gasteiger charge is 1.94. The van der Waals surface area contributed by atoms with Crippen molar-refractivity contribution in [3.8, 4) is 0 Å². The standard InChI is InChI=1S/C10H9NS/c1-7-2-3-8-5-9(12)6-11-10(8)4-7/h2-6,12H,1H3. The molecule has 0 aliphatic heterocycles. The molecule has 0 fully saturated rings. The molecule has 2 heteroatoms. The summed E-state index contributed by atoms with van der Waals surface area (Å²) in [5.41, 5.74) is 2.27. The molecule has 0 amide bonds. The van der Waals surface area contributed by atoms with Gasteiger partial charge in [0.15, 0.2) is 0 Å². The van der Waals surface area contributed by atoms with Gasteiger partial charge in [-0.05, 0) is 24.6 Å². The number of fused-ring (bicyclic) bond motifs is 1. The molecule has 0 unspecified atom stereocenters. The SMILES string of the molecule is Cc1ccc2cc(S)cnc2c1. The minimum atomic E-state index is 0.909. The quantitative estimate of drug-likeness (QED) is 0.607. The lowest BCUT2D eigenvalue weighted by Gasteiger charge is -1.98. The van der Waals surface area contributed by atoms with Crippen LogP contribution in [-0.2, 0) is 0 Å². The molecule has 1 aromatic carbocycles. The summed E-state index contributed by atoms with van der Waals surface area (Å²) in [6.45, 7) is 2.07. The lowest BCUT2D eigenvalue weighted by atomic mass is 10.1. The van der Waals surface area contributed by atoms with Crippen LogP contribution in [0.15, 0.2) is 35.4 Å². The first-order valence-corrected chi connectivity index (χ1v) is 4.26. The number of nitrogens with zero attached hydrogens (tertiary/aromatic N) is 1. The molecule has 0 saturated carbocycles. The number of hydrogen-bond donors (Lipinski definition) is 1. The first-order valence-electron chi connectivity index (χ1n) is 3.81. The van der Waals surface area contributed by atoms with Crippen LogP contribution >= 0.6 is 12.6 Å². The van der Waals surface area contributed by atoms with Gasteiger partial charge in [0.1, 0.15) is 0 Å². The van der Waals surface area contributed by atoms with Gasteiger partial charge < -0.3 is 0 Å². The van der Waals surface area contributed by atoms with Gasteiger partial charge in [-0.15, -0.1) is 12.6 Å². The Hall–Kier alpha value is -1.02. The van der Waals surface area contributed by atoms with E-state index in [-0.39, 0.29) is 0 Å². The van der Waals surface area contributed by atoms with Crippen LogP contribution in [-0.4, -0.2) is 4.98 Å². The first kappa shape index (κ1) is 7.62. The van der Waals surface area contributed by atoms with Crippen molar-refractivity contribution in [3.63, 3.8) is 0 Å². The van der Waals surface area contributed by atoms with Gasteiger partial charge in [-0.3, -0.25) is 4.98 Å². The number of aromatic nitrogens is 1. The molecule has 0 saturated heterocycles. The van der Waals surface area contributed by atoms with E-state index < -0.39 is 0 Å². The van der Waals surface area contributed by atoms with Gasteiger partial charge in [0.05, 0.1) is 5.52 Å². The fraction of sp³-hybridized carbons (Fsp3) is 0.100. The molecular weight excluding hydrogens is 166 g/mol. The van der Waals surface area contributed by atoms with Crippen molar-refractivity contribution < 1.29 is 0 Å². The Morgan fingerprint density at radius 1 is 1.25 bits per heavy atom. The average Bonchev–Trinajstić information content (AvgIpc) is 2.05. The topological polar surface area (TPSA) is 12.9 Å². The zero-order valence-corrected chi connectivity index (χ0v) is 7.68. The zero-order valence-electron chi connectivity index (χ0n) is 6.78. The fourth-order valence-electron chi connectivity index (χ4n) is 1.22. The summed E-state index contributed by atoms with van der Waals surface area (Å²) in [7, 11) is 0. The molecule has 0 atom stereocenters. The summed E-state index contributed by atoms with van der Waals surface area (Å²) in [6, 6.07) is 8.24. The van der Waals surface area contributed by atoms with Crippen molar-refractivity contribution in [2.45, 2.75) is 11.8 Å². The van der Waals surface area contributed by atoms with Crippen molar-refractivity contribution in [2.75, 3.05) is 0 Å². The highest BCUT2D eigenvalue weighted by Crippen LogP contribution is 2.16. The molecule has 0 spiro atoms. The predicted molar refractivity (Wildman–Crippen MR) is 53.7 cm³/mol. The second-order valence-electron chi connectivity index (χ2n) is 2.89. The Bertz CT molecular complexity index is 382. The average molecular weight is 175 g/mol. The molecule has 60 valence electrons. The van der Waals surface area contributed by atoms with Gasteiger partial charge in [0.2, 0.25) is 0 Å². The highest BCUT2D eigenvalue weighted by molar-refractivity contribution is 7.80. The summed E-state index contributed by atoms with van der Waals surface area (Å²) >= 11 is 4.22. The van der Waals surface area contributed by atoms with Crippen LogP contribution in [0.5, 0.6) is 0 Å². The number of hydrogen-bond acceptors (Lipinski definition) is 2. The Labute approximate surface area is 76.9 Å². The van der Waals surface area contributed by atoms with Crippen LogP contribution in [0.2, 0.25) is 0 Å². The zero-order chi connectivity index (χ0) is 8.55. The van der Waals surface area contributed by atoms with Crippen LogP contribution in [0.4, 0.5) is 0 Å². The first-order chi connectivity index (χ1) is 5.75. The van der Waals surface area contributed by atoms with Crippen molar-refractivity contribution >= 4 is 23.5 Å². The highest BCUT2D eigenvalue weighted by atomic mass is 32.1. The normalized spacial score (nSPS) is 10.5. The van der Waals surface area contributed by atoms with E-state index in [4.69, 9.17) is 0 Å². The summed E-state index contributed by atoms with van der Waals surface area (Å²) in [4.78, 5) is 5.17. The van der Waals surface area contributed by atoms with E-state index >= 15 is 0 Å². The molecule has 0 N–H and O–H groups in total. The molecule has 1 nitrogen and oxygen atoms in total. The molecule has 2 rings (SSSR count). The van der Waals surface area contributed by atoms with E-state index in [2.05, 4.69) is 42.7 Å². The van der Waals surface area contributed by atoms with Gasteiger partial charge in [-0.25, -0.2) is 0 Å². The summed E-state index contributed by atoms with van der Waals surface area (Å²) < 4.78 is 0. The maximum absolute atomic E-state index is 4.27. The number of benzene rings is 1. The third-order valence-electron chi connectivity index (χ3n) is 1.83. The van der Waals surface area contributed by atoms with Gasteiger partial charge in [-0.1, -0.05) is 12.1 Å². The molecular formula is C10H9NS. The van der Waals surface area contributed by atoms with E-state index in [1.54, 1.807) is 6.20 Å². The summed E-state index contributed by atoms with van der Waals surface area (Å²) in [5.74, 6) is 0. The maximum atomic E-state index is 4.27. The molecule has 0 aliphatic rings. The third-order valence-corrected chi connectivity index (χ3v) is 2.07. The molecule has 1 aromatic heterocycles. The smallest absolute Gasteiger partial charge is 0.0705 e. The van der Waals surface area contributed by atoms with E-state index in [9.17, 15) is 0 Å². The number of thiol groups is 1. The fourth-order valence-corrected chi connectivity index (χ4v) is 1.42. The van der Waals surface area contributed by atoms with Crippen LogP contribution < -0.4 is 0 Å². The van der Waals surface area contributed by atoms with Gasteiger partial charge in [-0.2, -0.15) is 0 Å². The largest absolute Gasteiger partial charge is 0.255 e. The second-order valence-corrected chi connectivity index (χ2v) is 3.41. The molecule has 0 bridgehead atoms. The van der Waals surface area contributed by atoms with Crippen LogP contribution in [0.25, 0.3) is 10.9 Å². The van der Waals surface area contributed by atoms with E-state index in [0.717, 1.165) is 15.8 Å². The Morgan fingerprint density at radius 3 is 2.92 bits per heavy atom. The summed E-state index contributed by atoms with van der Waals surface area (Å²) in [6.07, 6.45) is 1.77. The van der Waals surface area contributed by atoms with Crippen molar-refractivity contribution in [3.05, 3.63) is 36.0 Å². The number of rotatable bonds is 0. The molecule has 2 aromatic rings. The van der Waals surface area contributed by atoms with Crippen molar-refractivity contribution in [1.82, 2.24) is 4.98 Å². The maximum Gasteiger partial charge on any atom is 0.0705 e. The van der Waals surface area contributed by atoms with Crippen molar-refractivity contribution in [1.29, 1.82) is 0 Å². The minimum absolute atomic E-state index is 0.909. The molecule has 12 heavy (non-hydrogen) atoms. The minimum Gasteiger partial charge on any atom is -0.255 e. The van der Waals surface area contributed by atoms with Gasteiger partial charge in [0, 0.05) is 16.5 Å². The Kier molecular flexibility index (Phi) is 1.77. The van der Waals surface area contributed by atoms with Gasteiger partial charge in [0.25, 0.3) is 0 Å². The second kappa shape index (κ2) is 2.79. The number of aryl methyl sites for hydroxylation is 1. The summed E-state index contributed by atoms with van der Waals surface area (Å²) in [5, 5.41) is 1.15. The van der Waals surface area contributed by atoms with Crippen LogP contribution in [0, 0.1) is 6.92 Å². The predicted octanol–water partition coefficient (Wildman–Crippen LogP) is 2.83. The molecule has 0 radical (unpaired) electrons. The molecule has 1 heterocycles. The number of pyridine rings is 1. The lowest BCUT2D eigenvalue weighted by Crippen LogP contribution is -1.79. The third kappa shape index (κ3) is 1.30. The monoisotopic (exact) mass is 175 g/mol. The van der Waals surface area contributed by atoms with E-state index in [1.807, 2.05) is 6.07 Å².